The highest BCUT2D eigenvalue weighted by Gasteiger charge is 2.02. The number of methoxy groups -OCH3 is 1. The lowest BCUT2D eigenvalue weighted by atomic mass is 10.0. The van der Waals surface area contributed by atoms with E-state index in [1.165, 1.54) is 16.3 Å². The molecule has 0 aliphatic heterocycles. The Morgan fingerprint density at radius 1 is 1.20 bits per heavy atom. The van der Waals surface area contributed by atoms with Crippen LogP contribution in [0.25, 0.3) is 10.8 Å². The number of fused-ring (bicyclic) bond motifs is 1. The lowest BCUT2D eigenvalue weighted by molar-refractivity contribution is 0.185. The summed E-state index contributed by atoms with van der Waals surface area (Å²) in [6.45, 7) is 2.68. The lowest BCUT2D eigenvalue weighted by Gasteiger charge is -2.06. The molecule has 0 spiro atoms. The molecule has 2 heteroatoms. The first-order valence-electron chi connectivity index (χ1n) is 4.89. The summed E-state index contributed by atoms with van der Waals surface area (Å²) in [6.07, 6.45) is 0. The highest BCUT2D eigenvalue weighted by molar-refractivity contribution is 6.32. The van der Waals surface area contributed by atoms with E-state index in [-0.39, 0.29) is 0 Å². The molecule has 0 atom stereocenters. The maximum absolute atomic E-state index is 6.09. The third kappa shape index (κ3) is 1.99. The van der Waals surface area contributed by atoms with Crippen molar-refractivity contribution in [2.45, 2.75) is 13.5 Å². The van der Waals surface area contributed by atoms with Gasteiger partial charge in [-0.3, -0.25) is 0 Å². The Bertz CT molecular complexity index is 491. The Morgan fingerprint density at radius 3 is 2.67 bits per heavy atom. The average molecular weight is 221 g/mol. The van der Waals surface area contributed by atoms with Crippen LogP contribution in [0.5, 0.6) is 0 Å². The molecule has 0 bridgehead atoms. The van der Waals surface area contributed by atoms with Crippen LogP contribution in [0.3, 0.4) is 0 Å². The minimum absolute atomic E-state index is 0.641. The van der Waals surface area contributed by atoms with E-state index in [1.807, 2.05) is 19.1 Å². The van der Waals surface area contributed by atoms with Crippen LogP contribution in [0, 0.1) is 6.92 Å². The van der Waals surface area contributed by atoms with Crippen molar-refractivity contribution in [2.75, 3.05) is 7.11 Å². The summed E-state index contributed by atoms with van der Waals surface area (Å²) in [6, 6.07) is 10.3. The van der Waals surface area contributed by atoms with Gasteiger partial charge in [0, 0.05) is 12.1 Å². The zero-order chi connectivity index (χ0) is 10.8. The second kappa shape index (κ2) is 4.21. The van der Waals surface area contributed by atoms with Crippen molar-refractivity contribution < 1.29 is 4.74 Å². The Labute approximate surface area is 94.6 Å². The van der Waals surface area contributed by atoms with Crippen molar-refractivity contribution in [1.29, 1.82) is 0 Å². The van der Waals surface area contributed by atoms with Gasteiger partial charge < -0.3 is 4.74 Å². The molecule has 78 valence electrons. The van der Waals surface area contributed by atoms with Gasteiger partial charge in [0.05, 0.1) is 6.61 Å². The van der Waals surface area contributed by atoms with E-state index in [1.54, 1.807) is 7.11 Å². The molecule has 0 amide bonds. The van der Waals surface area contributed by atoms with Gasteiger partial charge in [-0.2, -0.15) is 0 Å². The number of ether oxygens (including phenoxy) is 1. The summed E-state index contributed by atoms with van der Waals surface area (Å²) in [5.74, 6) is 0. The summed E-state index contributed by atoms with van der Waals surface area (Å²) >= 11 is 6.09. The number of hydrogen-bond donors (Lipinski definition) is 0. The Balaban J connectivity index is 2.63. The van der Waals surface area contributed by atoms with Crippen LogP contribution in [0.2, 0.25) is 5.02 Å². The fraction of sp³-hybridized carbons (Fsp3) is 0.231. The third-order valence-electron chi connectivity index (χ3n) is 2.60. The van der Waals surface area contributed by atoms with Crippen molar-refractivity contribution >= 4 is 22.4 Å². The second-order valence-electron chi connectivity index (χ2n) is 3.66. The van der Waals surface area contributed by atoms with Crippen LogP contribution in [0.15, 0.2) is 30.3 Å². The fourth-order valence-electron chi connectivity index (χ4n) is 1.75. The first kappa shape index (κ1) is 10.5. The van der Waals surface area contributed by atoms with E-state index in [0.29, 0.717) is 6.61 Å². The van der Waals surface area contributed by atoms with E-state index in [2.05, 4.69) is 18.2 Å². The van der Waals surface area contributed by atoms with Gasteiger partial charge in [-0.05, 0) is 41.0 Å². The maximum Gasteiger partial charge on any atom is 0.0713 e. The molecule has 2 rings (SSSR count). The van der Waals surface area contributed by atoms with Gasteiger partial charge in [0.25, 0.3) is 0 Å². The van der Waals surface area contributed by atoms with Crippen LogP contribution in [-0.4, -0.2) is 7.11 Å². The molecule has 0 saturated heterocycles. The van der Waals surface area contributed by atoms with Crippen molar-refractivity contribution in [2.24, 2.45) is 0 Å². The van der Waals surface area contributed by atoms with Crippen molar-refractivity contribution in [3.05, 3.63) is 46.5 Å². The predicted molar refractivity (Wildman–Crippen MR) is 64.4 cm³/mol. The predicted octanol–water partition coefficient (Wildman–Crippen LogP) is 3.95. The summed E-state index contributed by atoms with van der Waals surface area (Å²) in [4.78, 5) is 0. The molecule has 0 N–H and O–H groups in total. The Kier molecular flexibility index (Phi) is 2.94. The molecule has 0 unspecified atom stereocenters. The fourth-order valence-corrected chi connectivity index (χ4v) is 1.91. The molecule has 2 aromatic carbocycles. The van der Waals surface area contributed by atoms with Crippen LogP contribution in [0.1, 0.15) is 11.1 Å². The van der Waals surface area contributed by atoms with Crippen molar-refractivity contribution in [3.8, 4) is 0 Å². The molecule has 0 radical (unpaired) electrons. The summed E-state index contributed by atoms with van der Waals surface area (Å²) in [7, 11) is 1.70. The van der Waals surface area contributed by atoms with Gasteiger partial charge in [-0.25, -0.2) is 0 Å². The molecule has 1 nitrogen and oxygen atoms in total. The molecule has 0 aromatic heterocycles. The summed E-state index contributed by atoms with van der Waals surface area (Å²) in [5.41, 5.74) is 2.31. The SMILES string of the molecule is COCc1ccc2ccc(Cl)c(C)c2c1. The van der Waals surface area contributed by atoms with Gasteiger partial charge in [0.15, 0.2) is 0 Å². The number of rotatable bonds is 2. The van der Waals surface area contributed by atoms with Gasteiger partial charge in [-0.1, -0.05) is 29.8 Å². The van der Waals surface area contributed by atoms with E-state index >= 15 is 0 Å². The molecular weight excluding hydrogens is 208 g/mol. The van der Waals surface area contributed by atoms with Crippen molar-refractivity contribution in [1.82, 2.24) is 0 Å². The highest BCUT2D eigenvalue weighted by Crippen LogP contribution is 2.26. The zero-order valence-electron chi connectivity index (χ0n) is 8.88. The standard InChI is InChI=1S/C13H13ClO/c1-9-12-7-10(8-15-2)3-4-11(12)5-6-13(9)14/h3-7H,8H2,1-2H3. The first-order valence-corrected chi connectivity index (χ1v) is 5.27. The van der Waals surface area contributed by atoms with Crippen LogP contribution < -0.4 is 0 Å². The molecule has 0 saturated carbocycles. The smallest absolute Gasteiger partial charge is 0.0713 e. The van der Waals surface area contributed by atoms with E-state index in [9.17, 15) is 0 Å². The van der Waals surface area contributed by atoms with Gasteiger partial charge in [0.2, 0.25) is 0 Å². The second-order valence-corrected chi connectivity index (χ2v) is 4.07. The minimum atomic E-state index is 0.641. The molecule has 0 aliphatic carbocycles. The number of benzene rings is 2. The molecule has 0 fully saturated rings. The molecular formula is C13H13ClO. The highest BCUT2D eigenvalue weighted by atomic mass is 35.5. The molecule has 0 heterocycles. The molecule has 0 aliphatic rings. The van der Waals surface area contributed by atoms with Crippen molar-refractivity contribution in [3.63, 3.8) is 0 Å². The quantitative estimate of drug-likeness (QED) is 0.745. The lowest BCUT2D eigenvalue weighted by Crippen LogP contribution is -1.88. The van der Waals surface area contributed by atoms with E-state index < -0.39 is 0 Å². The monoisotopic (exact) mass is 220 g/mol. The zero-order valence-corrected chi connectivity index (χ0v) is 9.64. The van der Waals surface area contributed by atoms with Crippen LogP contribution >= 0.6 is 11.6 Å². The number of halogens is 1. The van der Waals surface area contributed by atoms with Gasteiger partial charge in [0.1, 0.15) is 0 Å². The normalized spacial score (nSPS) is 10.9. The Hall–Kier alpha value is -1.05. The summed E-state index contributed by atoms with van der Waals surface area (Å²) < 4.78 is 5.11. The van der Waals surface area contributed by atoms with E-state index in [0.717, 1.165) is 10.6 Å². The minimum Gasteiger partial charge on any atom is -0.380 e. The van der Waals surface area contributed by atoms with E-state index in [4.69, 9.17) is 16.3 Å². The molecule has 15 heavy (non-hydrogen) atoms. The average Bonchev–Trinajstić information content (AvgIpc) is 2.25. The Morgan fingerprint density at radius 2 is 1.93 bits per heavy atom. The number of hydrogen-bond acceptors (Lipinski definition) is 1. The van der Waals surface area contributed by atoms with Crippen LogP contribution in [-0.2, 0) is 11.3 Å². The maximum atomic E-state index is 6.09. The topological polar surface area (TPSA) is 9.23 Å². The molecule has 2 aromatic rings. The third-order valence-corrected chi connectivity index (χ3v) is 3.01. The van der Waals surface area contributed by atoms with Crippen LogP contribution in [0.4, 0.5) is 0 Å². The first-order chi connectivity index (χ1) is 7.22. The van der Waals surface area contributed by atoms with Gasteiger partial charge >= 0.3 is 0 Å². The summed E-state index contributed by atoms with van der Waals surface area (Å²) in [5, 5.41) is 3.24. The number of aryl methyl sites for hydroxylation is 1. The largest absolute Gasteiger partial charge is 0.380 e. The van der Waals surface area contributed by atoms with Gasteiger partial charge in [-0.15, -0.1) is 0 Å².